The number of hydrogen-bond acceptors (Lipinski definition) is 7. The molecule has 1 aromatic heterocycles. The summed E-state index contributed by atoms with van der Waals surface area (Å²) >= 11 is 6.23. The predicted molar refractivity (Wildman–Crippen MR) is 134 cm³/mol. The van der Waals surface area contributed by atoms with E-state index in [0.29, 0.717) is 29.1 Å². The number of aromatic nitrogens is 2. The van der Waals surface area contributed by atoms with E-state index in [4.69, 9.17) is 21.1 Å². The molecular formula is C25H30ClN5O2. The van der Waals surface area contributed by atoms with Crippen molar-refractivity contribution in [2.24, 2.45) is 0 Å². The Hall–Kier alpha value is -3.03. The molecule has 0 spiro atoms. The van der Waals surface area contributed by atoms with E-state index >= 15 is 0 Å². The summed E-state index contributed by atoms with van der Waals surface area (Å²) in [6.45, 7) is 7.94. The zero-order valence-electron chi connectivity index (χ0n) is 19.3. The van der Waals surface area contributed by atoms with Crippen molar-refractivity contribution in [3.05, 3.63) is 58.7 Å². The fourth-order valence-electron chi connectivity index (χ4n) is 3.79. The molecule has 1 fully saturated rings. The second-order valence-electron chi connectivity index (χ2n) is 8.20. The quantitative estimate of drug-likeness (QED) is 0.417. The molecule has 2 heterocycles. The minimum atomic E-state index is 0.496. The van der Waals surface area contributed by atoms with Crippen LogP contribution in [-0.2, 0) is 0 Å². The summed E-state index contributed by atoms with van der Waals surface area (Å²) < 4.78 is 11.3. The molecule has 0 unspecified atom stereocenters. The number of anilines is 4. The largest absolute Gasteiger partial charge is 0.495 e. The van der Waals surface area contributed by atoms with Crippen LogP contribution in [0.3, 0.4) is 0 Å². The molecule has 8 heteroatoms. The van der Waals surface area contributed by atoms with Crippen LogP contribution in [0.25, 0.3) is 0 Å². The molecule has 0 bridgehead atoms. The van der Waals surface area contributed by atoms with E-state index in [2.05, 4.69) is 25.5 Å². The second kappa shape index (κ2) is 10.7. The van der Waals surface area contributed by atoms with Crippen molar-refractivity contribution in [3.63, 3.8) is 0 Å². The predicted octanol–water partition coefficient (Wildman–Crippen LogP) is 5.72. The van der Waals surface area contributed by atoms with E-state index in [1.807, 2.05) is 50.2 Å². The van der Waals surface area contributed by atoms with Crippen molar-refractivity contribution in [2.45, 2.75) is 26.7 Å². The number of methoxy groups -OCH3 is 1. The minimum absolute atomic E-state index is 0.496. The topological polar surface area (TPSA) is 71.5 Å². The molecule has 2 N–H and O–H groups in total. The van der Waals surface area contributed by atoms with E-state index in [9.17, 15) is 0 Å². The fourth-order valence-corrected chi connectivity index (χ4v) is 4.09. The Bertz CT molecular complexity index is 1100. The van der Waals surface area contributed by atoms with Crippen LogP contribution >= 0.6 is 11.6 Å². The van der Waals surface area contributed by atoms with Gasteiger partial charge in [0.2, 0.25) is 5.95 Å². The van der Waals surface area contributed by atoms with Gasteiger partial charge in [-0.25, -0.2) is 4.98 Å². The van der Waals surface area contributed by atoms with Gasteiger partial charge >= 0.3 is 0 Å². The van der Waals surface area contributed by atoms with Crippen LogP contribution in [0.4, 0.5) is 23.1 Å². The number of benzene rings is 2. The molecule has 4 rings (SSSR count). The molecule has 0 amide bonds. The first-order valence-electron chi connectivity index (χ1n) is 11.2. The first-order chi connectivity index (χ1) is 16.0. The lowest BCUT2D eigenvalue weighted by Crippen LogP contribution is -2.25. The standard InChI is InChI=1S/C25H30ClN5O2/c1-17-13-21(26)23(32-3)15-22(17)29-24-18(2)16-27-25(30-24)28-19-7-6-8-20(14-19)33-12-11-31-9-4-5-10-31/h6-8,13-16H,4-5,9-12H2,1-3H3,(H2,27,28,29,30). The number of nitrogens with one attached hydrogen (secondary N) is 2. The molecule has 33 heavy (non-hydrogen) atoms. The van der Waals surface area contributed by atoms with Gasteiger partial charge < -0.3 is 20.1 Å². The molecule has 7 nitrogen and oxygen atoms in total. The highest BCUT2D eigenvalue weighted by atomic mass is 35.5. The fraction of sp³-hybridized carbons (Fsp3) is 0.360. The maximum absolute atomic E-state index is 6.23. The molecule has 0 radical (unpaired) electrons. The normalized spacial score (nSPS) is 13.7. The highest BCUT2D eigenvalue weighted by molar-refractivity contribution is 6.32. The van der Waals surface area contributed by atoms with Crippen LogP contribution in [0, 0.1) is 13.8 Å². The third-order valence-electron chi connectivity index (χ3n) is 5.69. The summed E-state index contributed by atoms with van der Waals surface area (Å²) in [7, 11) is 1.60. The summed E-state index contributed by atoms with van der Waals surface area (Å²) in [5.41, 5.74) is 3.66. The van der Waals surface area contributed by atoms with Gasteiger partial charge in [-0.1, -0.05) is 17.7 Å². The Balaban J connectivity index is 1.44. The van der Waals surface area contributed by atoms with Crippen molar-refractivity contribution >= 4 is 34.7 Å². The van der Waals surface area contributed by atoms with Gasteiger partial charge in [-0.05, 0) is 63.5 Å². The zero-order valence-corrected chi connectivity index (χ0v) is 20.1. The minimum Gasteiger partial charge on any atom is -0.495 e. The Kier molecular flexibility index (Phi) is 7.52. The Morgan fingerprint density at radius 2 is 1.88 bits per heavy atom. The lowest BCUT2D eigenvalue weighted by molar-refractivity contribution is 0.238. The zero-order chi connectivity index (χ0) is 23.2. The number of ether oxygens (including phenoxy) is 2. The molecule has 1 aliphatic heterocycles. The third-order valence-corrected chi connectivity index (χ3v) is 5.98. The molecular weight excluding hydrogens is 438 g/mol. The monoisotopic (exact) mass is 467 g/mol. The second-order valence-corrected chi connectivity index (χ2v) is 8.61. The van der Waals surface area contributed by atoms with Crippen LogP contribution < -0.4 is 20.1 Å². The Morgan fingerprint density at radius 1 is 1.06 bits per heavy atom. The van der Waals surface area contributed by atoms with Crippen molar-refractivity contribution < 1.29 is 9.47 Å². The molecule has 0 atom stereocenters. The number of hydrogen-bond donors (Lipinski definition) is 2. The molecule has 3 aromatic rings. The van der Waals surface area contributed by atoms with Crippen molar-refractivity contribution in [1.29, 1.82) is 0 Å². The lowest BCUT2D eigenvalue weighted by Gasteiger charge is -2.16. The Labute approximate surface area is 200 Å². The number of rotatable bonds is 9. The van der Waals surface area contributed by atoms with E-state index < -0.39 is 0 Å². The van der Waals surface area contributed by atoms with Crippen molar-refractivity contribution in [1.82, 2.24) is 14.9 Å². The Morgan fingerprint density at radius 3 is 2.67 bits per heavy atom. The summed E-state index contributed by atoms with van der Waals surface area (Å²) in [5, 5.41) is 7.23. The molecule has 0 saturated carbocycles. The molecule has 1 saturated heterocycles. The van der Waals surface area contributed by atoms with Crippen LogP contribution in [0.1, 0.15) is 24.0 Å². The first-order valence-corrected chi connectivity index (χ1v) is 11.6. The van der Waals surface area contributed by atoms with Crippen LogP contribution in [0.2, 0.25) is 5.02 Å². The summed E-state index contributed by atoms with van der Waals surface area (Å²) in [5.74, 6) is 2.64. The van der Waals surface area contributed by atoms with Gasteiger partial charge in [0.1, 0.15) is 23.9 Å². The van der Waals surface area contributed by atoms with E-state index in [-0.39, 0.29) is 0 Å². The van der Waals surface area contributed by atoms with Gasteiger partial charge in [-0.3, -0.25) is 4.90 Å². The number of halogens is 1. The molecule has 174 valence electrons. The number of likely N-dealkylation sites (tertiary alicyclic amines) is 1. The van der Waals surface area contributed by atoms with E-state index in [1.165, 1.54) is 25.9 Å². The van der Waals surface area contributed by atoms with Gasteiger partial charge in [0.05, 0.1) is 12.1 Å². The molecule has 0 aliphatic carbocycles. The summed E-state index contributed by atoms with van der Waals surface area (Å²) in [6.07, 6.45) is 4.37. The van der Waals surface area contributed by atoms with Crippen molar-refractivity contribution in [3.8, 4) is 11.5 Å². The van der Waals surface area contributed by atoms with Crippen molar-refractivity contribution in [2.75, 3.05) is 44.0 Å². The van der Waals surface area contributed by atoms with Gasteiger partial charge in [-0.2, -0.15) is 4.98 Å². The van der Waals surface area contributed by atoms with Gasteiger partial charge in [0.15, 0.2) is 0 Å². The number of aryl methyl sites for hydroxylation is 2. The SMILES string of the molecule is COc1cc(Nc2nc(Nc3cccc(OCCN4CCCC4)c3)ncc2C)c(C)cc1Cl. The van der Waals surface area contributed by atoms with Crippen LogP contribution in [0.15, 0.2) is 42.6 Å². The highest BCUT2D eigenvalue weighted by Gasteiger charge is 2.12. The van der Waals surface area contributed by atoms with E-state index in [0.717, 1.165) is 34.8 Å². The van der Waals surface area contributed by atoms with Crippen LogP contribution in [0.5, 0.6) is 11.5 Å². The lowest BCUT2D eigenvalue weighted by atomic mass is 10.2. The smallest absolute Gasteiger partial charge is 0.229 e. The summed E-state index contributed by atoms with van der Waals surface area (Å²) in [4.78, 5) is 11.5. The molecule has 1 aliphatic rings. The van der Waals surface area contributed by atoms with E-state index in [1.54, 1.807) is 13.3 Å². The van der Waals surface area contributed by atoms with Gasteiger partial charge in [0.25, 0.3) is 0 Å². The summed E-state index contributed by atoms with van der Waals surface area (Å²) in [6, 6.07) is 11.6. The average Bonchev–Trinajstić information content (AvgIpc) is 3.32. The maximum Gasteiger partial charge on any atom is 0.229 e. The van der Waals surface area contributed by atoms with Gasteiger partial charge in [-0.15, -0.1) is 0 Å². The number of nitrogens with zero attached hydrogens (tertiary/aromatic N) is 3. The van der Waals surface area contributed by atoms with Gasteiger partial charge in [0, 0.05) is 41.8 Å². The highest BCUT2D eigenvalue weighted by Crippen LogP contribution is 2.33. The maximum atomic E-state index is 6.23. The first kappa shape index (κ1) is 23.1. The average molecular weight is 468 g/mol. The third kappa shape index (κ3) is 6.06. The van der Waals surface area contributed by atoms with Crippen LogP contribution in [-0.4, -0.2) is 48.2 Å². The molecule has 2 aromatic carbocycles.